The molecule has 0 atom stereocenters. The number of aromatic nitrogens is 4. The molecule has 0 aliphatic rings. The third-order valence-corrected chi connectivity index (χ3v) is 5.59. The molecule has 0 saturated heterocycles. The van der Waals surface area contributed by atoms with E-state index in [1.807, 2.05) is 47.9 Å². The van der Waals surface area contributed by atoms with Crippen molar-refractivity contribution >= 4 is 23.4 Å². The first-order valence-electron chi connectivity index (χ1n) is 9.78. The molecule has 0 saturated carbocycles. The third-order valence-electron chi connectivity index (χ3n) is 4.66. The van der Waals surface area contributed by atoms with Gasteiger partial charge < -0.3 is 5.32 Å². The number of rotatable bonds is 7. The van der Waals surface area contributed by atoms with Crippen molar-refractivity contribution in [2.45, 2.75) is 18.5 Å². The number of anilines is 1. The van der Waals surface area contributed by atoms with Crippen LogP contribution in [0.4, 0.5) is 10.1 Å². The topological polar surface area (TPSA) is 72.7 Å². The van der Waals surface area contributed by atoms with Crippen molar-refractivity contribution < 1.29 is 9.18 Å². The maximum Gasteiger partial charge on any atom is 0.234 e. The van der Waals surface area contributed by atoms with E-state index < -0.39 is 0 Å². The van der Waals surface area contributed by atoms with Crippen LogP contribution in [-0.4, -0.2) is 31.4 Å². The van der Waals surface area contributed by atoms with Gasteiger partial charge in [-0.2, -0.15) is 0 Å². The highest BCUT2D eigenvalue weighted by atomic mass is 32.2. The highest BCUT2D eigenvalue weighted by Gasteiger charge is 2.17. The lowest BCUT2D eigenvalue weighted by Gasteiger charge is -2.11. The maximum absolute atomic E-state index is 13.5. The van der Waals surface area contributed by atoms with E-state index in [9.17, 15) is 9.18 Å². The van der Waals surface area contributed by atoms with Gasteiger partial charge in [-0.1, -0.05) is 36.9 Å². The third kappa shape index (κ3) is 4.80. The van der Waals surface area contributed by atoms with Gasteiger partial charge in [0.05, 0.1) is 5.75 Å². The molecule has 6 nitrogen and oxygen atoms in total. The van der Waals surface area contributed by atoms with Crippen LogP contribution in [0.3, 0.4) is 0 Å². The van der Waals surface area contributed by atoms with Crippen LogP contribution in [-0.2, 0) is 11.2 Å². The molecule has 0 radical (unpaired) electrons. The Hall–Kier alpha value is -3.52. The Morgan fingerprint density at radius 2 is 1.77 bits per heavy atom. The SMILES string of the molecule is CCc1ccccc1NC(=O)CSc1nnc(-c2ccncc2)n1-c1ccc(F)cc1. The van der Waals surface area contributed by atoms with Crippen molar-refractivity contribution in [1.82, 2.24) is 19.7 Å². The van der Waals surface area contributed by atoms with Gasteiger partial charge in [0.2, 0.25) is 5.91 Å². The van der Waals surface area contributed by atoms with Crippen LogP contribution in [0.5, 0.6) is 0 Å². The van der Waals surface area contributed by atoms with Gasteiger partial charge in [0.1, 0.15) is 5.82 Å². The number of hydrogen-bond acceptors (Lipinski definition) is 5. The van der Waals surface area contributed by atoms with Gasteiger partial charge >= 0.3 is 0 Å². The zero-order valence-corrected chi connectivity index (χ0v) is 17.6. The second-order valence-electron chi connectivity index (χ2n) is 6.70. The molecule has 0 fully saturated rings. The summed E-state index contributed by atoms with van der Waals surface area (Å²) >= 11 is 1.27. The second kappa shape index (κ2) is 9.53. The van der Waals surface area contributed by atoms with Crippen LogP contribution in [0.25, 0.3) is 17.1 Å². The summed E-state index contributed by atoms with van der Waals surface area (Å²) < 4.78 is 15.3. The predicted molar refractivity (Wildman–Crippen MR) is 120 cm³/mol. The molecule has 1 amide bonds. The van der Waals surface area contributed by atoms with Crippen LogP contribution in [0.15, 0.2) is 78.2 Å². The van der Waals surface area contributed by atoms with Crippen molar-refractivity contribution in [1.29, 1.82) is 0 Å². The molecule has 2 heterocycles. The highest BCUT2D eigenvalue weighted by molar-refractivity contribution is 7.99. The van der Waals surface area contributed by atoms with Crippen molar-refractivity contribution in [3.05, 3.63) is 84.4 Å². The molecular weight excluding hydrogens is 413 g/mol. The second-order valence-corrected chi connectivity index (χ2v) is 7.64. The van der Waals surface area contributed by atoms with Gasteiger partial charge in [-0.15, -0.1) is 10.2 Å². The average Bonchev–Trinajstić information content (AvgIpc) is 3.23. The molecular formula is C23H20FN5OS. The Labute approximate surface area is 183 Å². The number of hydrogen-bond donors (Lipinski definition) is 1. The minimum absolute atomic E-state index is 0.134. The van der Waals surface area contributed by atoms with Crippen LogP contribution in [0.1, 0.15) is 12.5 Å². The molecule has 0 unspecified atom stereocenters. The lowest BCUT2D eigenvalue weighted by molar-refractivity contribution is -0.113. The fourth-order valence-corrected chi connectivity index (χ4v) is 3.89. The van der Waals surface area contributed by atoms with Gasteiger partial charge in [0.15, 0.2) is 11.0 Å². The summed E-state index contributed by atoms with van der Waals surface area (Å²) in [6.45, 7) is 2.05. The van der Waals surface area contributed by atoms with Gasteiger partial charge in [0.25, 0.3) is 0 Å². The number of carbonyl (C=O) groups excluding carboxylic acids is 1. The monoisotopic (exact) mass is 433 g/mol. The number of para-hydroxylation sites is 1. The molecule has 0 aliphatic carbocycles. The van der Waals surface area contributed by atoms with Crippen molar-refractivity contribution in [2.75, 3.05) is 11.1 Å². The average molecular weight is 434 g/mol. The summed E-state index contributed by atoms with van der Waals surface area (Å²) in [4.78, 5) is 16.6. The number of pyridine rings is 1. The van der Waals surface area contributed by atoms with Crippen LogP contribution < -0.4 is 5.32 Å². The number of nitrogens with zero attached hydrogens (tertiary/aromatic N) is 4. The molecule has 1 N–H and O–H groups in total. The molecule has 2 aromatic heterocycles. The lowest BCUT2D eigenvalue weighted by Crippen LogP contribution is -2.15. The molecule has 8 heteroatoms. The van der Waals surface area contributed by atoms with Crippen molar-refractivity contribution in [3.8, 4) is 17.1 Å². The first-order chi connectivity index (χ1) is 15.2. The smallest absolute Gasteiger partial charge is 0.234 e. The Morgan fingerprint density at radius 3 is 2.52 bits per heavy atom. The van der Waals surface area contributed by atoms with E-state index in [0.717, 1.165) is 23.2 Å². The standard InChI is InChI=1S/C23H20FN5OS/c1-2-16-5-3-4-6-20(16)26-21(30)15-31-23-28-27-22(17-11-13-25-14-12-17)29(23)19-9-7-18(24)8-10-19/h3-14H,2,15H2,1H3,(H,26,30). The first kappa shape index (κ1) is 20.7. The van der Waals surface area contributed by atoms with Gasteiger partial charge in [0, 0.05) is 29.3 Å². The Bertz CT molecular complexity index is 1180. The number of amides is 1. The largest absolute Gasteiger partial charge is 0.325 e. The molecule has 0 spiro atoms. The maximum atomic E-state index is 13.5. The Morgan fingerprint density at radius 1 is 1.03 bits per heavy atom. The highest BCUT2D eigenvalue weighted by Crippen LogP contribution is 2.28. The summed E-state index contributed by atoms with van der Waals surface area (Å²) in [5, 5.41) is 12.1. The Kier molecular flexibility index (Phi) is 6.37. The molecule has 0 bridgehead atoms. The quantitative estimate of drug-likeness (QED) is 0.426. The Balaban J connectivity index is 1.59. The number of thioether (sulfide) groups is 1. The van der Waals surface area contributed by atoms with E-state index in [1.54, 1.807) is 24.5 Å². The summed E-state index contributed by atoms with van der Waals surface area (Å²) in [6, 6.07) is 17.5. The minimum atomic E-state index is -0.328. The number of nitrogens with one attached hydrogen (secondary N) is 1. The van der Waals surface area contributed by atoms with Gasteiger partial charge in [-0.25, -0.2) is 4.39 Å². The number of halogens is 1. The summed E-state index contributed by atoms with van der Waals surface area (Å²) in [6.07, 6.45) is 4.17. The van der Waals surface area contributed by atoms with E-state index in [0.29, 0.717) is 16.7 Å². The molecule has 4 rings (SSSR count). The van der Waals surface area contributed by atoms with E-state index in [1.165, 1.54) is 23.9 Å². The minimum Gasteiger partial charge on any atom is -0.325 e. The number of aryl methyl sites for hydroxylation is 1. The molecule has 156 valence electrons. The van der Waals surface area contributed by atoms with Crippen LogP contribution in [0.2, 0.25) is 0 Å². The first-order valence-corrected chi connectivity index (χ1v) is 10.8. The predicted octanol–water partition coefficient (Wildman–Crippen LogP) is 4.76. The number of carbonyl (C=O) groups is 1. The lowest BCUT2D eigenvalue weighted by atomic mass is 10.1. The molecule has 4 aromatic rings. The fraction of sp³-hybridized carbons (Fsp3) is 0.130. The summed E-state index contributed by atoms with van der Waals surface area (Å²) in [7, 11) is 0. The normalized spacial score (nSPS) is 10.8. The van der Waals surface area contributed by atoms with Crippen LogP contribution >= 0.6 is 11.8 Å². The summed E-state index contributed by atoms with van der Waals surface area (Å²) in [5.41, 5.74) is 3.42. The van der Waals surface area contributed by atoms with Gasteiger partial charge in [-0.3, -0.25) is 14.3 Å². The molecule has 31 heavy (non-hydrogen) atoms. The summed E-state index contributed by atoms with van der Waals surface area (Å²) in [5.74, 6) is 0.289. The number of benzene rings is 2. The van der Waals surface area contributed by atoms with E-state index in [-0.39, 0.29) is 17.5 Å². The molecule has 2 aromatic carbocycles. The fourth-order valence-electron chi connectivity index (χ4n) is 3.14. The van der Waals surface area contributed by atoms with Gasteiger partial charge in [-0.05, 0) is 54.4 Å². The van der Waals surface area contributed by atoms with E-state index in [2.05, 4.69) is 20.5 Å². The molecule has 0 aliphatic heterocycles. The zero-order valence-electron chi connectivity index (χ0n) is 16.8. The van der Waals surface area contributed by atoms with Crippen LogP contribution in [0, 0.1) is 5.82 Å². The van der Waals surface area contributed by atoms with E-state index >= 15 is 0 Å². The zero-order chi connectivity index (χ0) is 21.6. The van der Waals surface area contributed by atoms with Crippen molar-refractivity contribution in [3.63, 3.8) is 0 Å². The van der Waals surface area contributed by atoms with Crippen molar-refractivity contribution in [2.24, 2.45) is 0 Å². The van der Waals surface area contributed by atoms with E-state index in [4.69, 9.17) is 0 Å².